The lowest BCUT2D eigenvalue weighted by atomic mass is 10.2. The number of Topliss-reactive ketones (excluding diaryl/α,β-unsaturated/α-hetero) is 1. The van der Waals surface area contributed by atoms with E-state index in [1.165, 1.54) is 32.9 Å². The third-order valence-corrected chi connectivity index (χ3v) is 8.28. The maximum absolute atomic E-state index is 13.1. The van der Waals surface area contributed by atoms with Crippen molar-refractivity contribution in [3.8, 4) is 0 Å². The summed E-state index contributed by atoms with van der Waals surface area (Å²) in [7, 11) is -4.85. The van der Waals surface area contributed by atoms with Crippen molar-refractivity contribution in [3.05, 3.63) is 30.3 Å². The van der Waals surface area contributed by atoms with Crippen LogP contribution in [0.15, 0.2) is 30.3 Å². The summed E-state index contributed by atoms with van der Waals surface area (Å²) in [6.45, 7) is 8.71. The topological polar surface area (TPSA) is 176 Å². The van der Waals surface area contributed by atoms with Gasteiger partial charge in [-0.1, -0.05) is 30.3 Å². The number of carbonyl (C=O) groups is 6. The molecule has 0 bridgehead atoms. The second kappa shape index (κ2) is 20.3. The van der Waals surface area contributed by atoms with Crippen molar-refractivity contribution in [2.45, 2.75) is 79.1 Å². The van der Waals surface area contributed by atoms with E-state index in [2.05, 4.69) is 0 Å². The van der Waals surface area contributed by atoms with Crippen molar-refractivity contribution in [1.82, 2.24) is 0 Å². The summed E-state index contributed by atoms with van der Waals surface area (Å²) >= 11 is 0. The lowest BCUT2D eigenvalue weighted by Gasteiger charge is -2.36. The van der Waals surface area contributed by atoms with E-state index in [0.717, 1.165) is 0 Å². The van der Waals surface area contributed by atoms with Crippen molar-refractivity contribution in [1.29, 1.82) is 0 Å². The molecule has 0 N–H and O–H groups in total. The maximum atomic E-state index is 13.1. The molecule has 14 nitrogen and oxygen atoms in total. The van der Waals surface area contributed by atoms with Crippen molar-refractivity contribution >= 4 is 49.6 Å². The standard InChI is InChI=1S/C29H42O14Si/c1-7-36-25(31)18-23(28(34)39-10-4)42-44(21-15-13-12-14-16-21,41-22(17-20(6)30)27(33)38-9-3)43-24(29(35)40-11-5)19-26(32)37-8-2/h12-16,22-24H,7-11,17-19H2,1-6H3. The second-order valence-corrected chi connectivity index (χ2v) is 11.3. The van der Waals surface area contributed by atoms with Gasteiger partial charge in [-0.25, -0.2) is 14.4 Å². The van der Waals surface area contributed by atoms with Gasteiger partial charge in [-0.2, -0.15) is 0 Å². The fourth-order valence-electron chi connectivity index (χ4n) is 3.72. The molecule has 0 aromatic heterocycles. The summed E-state index contributed by atoms with van der Waals surface area (Å²) in [5.41, 5.74) is 0. The molecule has 0 spiro atoms. The van der Waals surface area contributed by atoms with Gasteiger partial charge in [-0.3, -0.25) is 14.4 Å². The number of carbonyl (C=O) groups excluding carboxylic acids is 6. The van der Waals surface area contributed by atoms with Crippen LogP contribution < -0.4 is 5.19 Å². The van der Waals surface area contributed by atoms with Crippen LogP contribution in [-0.2, 0) is 65.7 Å². The smallest absolute Gasteiger partial charge is 0.466 e. The SMILES string of the molecule is CCOC(=O)CC(O[Si](OC(CC(C)=O)C(=O)OCC)(OC(CC(=O)OCC)C(=O)OCC)c1ccccc1)C(=O)OCC. The van der Waals surface area contributed by atoms with Crippen LogP contribution in [0.4, 0.5) is 0 Å². The average Bonchev–Trinajstić information content (AvgIpc) is 2.97. The summed E-state index contributed by atoms with van der Waals surface area (Å²) < 4.78 is 44.1. The van der Waals surface area contributed by atoms with E-state index in [4.69, 9.17) is 37.0 Å². The monoisotopic (exact) mass is 642 g/mol. The van der Waals surface area contributed by atoms with Gasteiger partial charge in [0, 0.05) is 11.6 Å². The molecule has 1 rings (SSSR count). The Labute approximate surface area is 257 Å². The molecule has 0 amide bonds. The molecule has 0 aliphatic carbocycles. The molecule has 0 aliphatic rings. The highest BCUT2D eigenvalue weighted by Crippen LogP contribution is 2.24. The van der Waals surface area contributed by atoms with Gasteiger partial charge >= 0.3 is 38.7 Å². The molecule has 246 valence electrons. The molecule has 0 heterocycles. The summed E-state index contributed by atoms with van der Waals surface area (Å²) in [6.07, 6.45) is -6.94. The number of ether oxygens (including phenoxy) is 5. The molecule has 0 saturated carbocycles. The van der Waals surface area contributed by atoms with E-state index in [0.29, 0.717) is 0 Å². The molecular weight excluding hydrogens is 600 g/mol. The highest BCUT2D eigenvalue weighted by atomic mass is 28.4. The maximum Gasteiger partial charge on any atom is 0.539 e. The first kappa shape index (κ1) is 38.4. The highest BCUT2D eigenvalue weighted by Gasteiger charge is 2.54. The van der Waals surface area contributed by atoms with E-state index >= 15 is 0 Å². The minimum Gasteiger partial charge on any atom is -0.466 e. The first-order valence-electron chi connectivity index (χ1n) is 14.4. The Balaban J connectivity index is 3.98. The molecule has 3 unspecified atom stereocenters. The third-order valence-electron chi connectivity index (χ3n) is 5.46. The molecular formula is C29H42O14Si. The largest absolute Gasteiger partial charge is 0.539 e. The van der Waals surface area contributed by atoms with E-state index in [-0.39, 0.29) is 38.2 Å². The van der Waals surface area contributed by atoms with Crippen LogP contribution in [0, 0.1) is 0 Å². The zero-order valence-corrected chi connectivity index (χ0v) is 27.0. The van der Waals surface area contributed by atoms with Crippen molar-refractivity contribution in [2.75, 3.05) is 33.0 Å². The predicted octanol–water partition coefficient (Wildman–Crippen LogP) is 1.56. The number of rotatable bonds is 21. The van der Waals surface area contributed by atoms with Crippen molar-refractivity contribution in [2.24, 2.45) is 0 Å². The first-order chi connectivity index (χ1) is 21.0. The van der Waals surface area contributed by atoms with Gasteiger partial charge in [0.05, 0.1) is 45.9 Å². The summed E-state index contributed by atoms with van der Waals surface area (Å²) in [4.78, 5) is 76.6. The molecule has 0 radical (unpaired) electrons. The number of ketones is 1. The molecule has 0 aliphatic heterocycles. The Morgan fingerprint density at radius 1 is 0.545 bits per heavy atom. The summed E-state index contributed by atoms with van der Waals surface area (Å²) in [5, 5.41) is 0.106. The number of hydrogen-bond donors (Lipinski definition) is 0. The van der Waals surface area contributed by atoms with Crippen LogP contribution in [0.1, 0.15) is 60.8 Å². The van der Waals surface area contributed by atoms with Crippen LogP contribution in [0.2, 0.25) is 0 Å². The fraction of sp³-hybridized carbons (Fsp3) is 0.586. The molecule has 15 heteroatoms. The zero-order valence-electron chi connectivity index (χ0n) is 26.0. The Morgan fingerprint density at radius 2 is 0.886 bits per heavy atom. The molecule has 44 heavy (non-hydrogen) atoms. The summed E-state index contributed by atoms with van der Waals surface area (Å²) in [5.74, 6) is -5.10. The quantitative estimate of drug-likeness (QED) is 0.107. The van der Waals surface area contributed by atoms with E-state index in [9.17, 15) is 28.8 Å². The lowest BCUT2D eigenvalue weighted by Crippen LogP contribution is -2.64. The lowest BCUT2D eigenvalue weighted by molar-refractivity contribution is -0.168. The van der Waals surface area contributed by atoms with Crippen LogP contribution in [0.5, 0.6) is 0 Å². The minimum absolute atomic E-state index is 0.00332. The molecule has 3 atom stereocenters. The molecule has 0 fully saturated rings. The number of hydrogen-bond acceptors (Lipinski definition) is 14. The fourth-order valence-corrected chi connectivity index (χ4v) is 6.56. The zero-order chi connectivity index (χ0) is 33.1. The van der Waals surface area contributed by atoms with Gasteiger partial charge < -0.3 is 37.0 Å². The second-order valence-electron chi connectivity index (χ2n) is 8.92. The molecule has 1 aromatic rings. The van der Waals surface area contributed by atoms with Gasteiger partial charge in [0.1, 0.15) is 5.78 Å². The summed E-state index contributed by atoms with van der Waals surface area (Å²) in [6, 6.07) is 7.71. The molecule has 1 aromatic carbocycles. The van der Waals surface area contributed by atoms with Gasteiger partial charge in [0.25, 0.3) is 0 Å². The Morgan fingerprint density at radius 3 is 1.20 bits per heavy atom. The van der Waals surface area contributed by atoms with Crippen LogP contribution in [0.25, 0.3) is 0 Å². The van der Waals surface area contributed by atoms with Crippen molar-refractivity contribution in [3.63, 3.8) is 0 Å². The van der Waals surface area contributed by atoms with Crippen LogP contribution in [-0.4, -0.2) is 95.8 Å². The van der Waals surface area contributed by atoms with Gasteiger partial charge in [0.15, 0.2) is 18.3 Å². The predicted molar refractivity (Wildman–Crippen MR) is 154 cm³/mol. The Hall–Kier alpha value is -3.66. The van der Waals surface area contributed by atoms with Gasteiger partial charge in [-0.15, -0.1) is 0 Å². The van der Waals surface area contributed by atoms with E-state index < -0.39 is 82.0 Å². The normalized spacial score (nSPS) is 14.2. The molecule has 0 saturated heterocycles. The van der Waals surface area contributed by atoms with Gasteiger partial charge in [0.2, 0.25) is 0 Å². The minimum atomic E-state index is -4.85. The third kappa shape index (κ3) is 12.9. The van der Waals surface area contributed by atoms with Crippen molar-refractivity contribution < 1.29 is 65.7 Å². The average molecular weight is 643 g/mol. The number of esters is 5. The number of benzene rings is 1. The van der Waals surface area contributed by atoms with Crippen LogP contribution in [0.3, 0.4) is 0 Å². The van der Waals surface area contributed by atoms with E-state index in [1.54, 1.807) is 39.0 Å². The van der Waals surface area contributed by atoms with E-state index in [1.807, 2.05) is 0 Å². The Kier molecular flexibility index (Phi) is 17.7. The van der Waals surface area contributed by atoms with Gasteiger partial charge in [-0.05, 0) is 41.5 Å². The first-order valence-corrected chi connectivity index (χ1v) is 16.1. The Bertz CT molecular complexity index is 1050. The highest BCUT2D eigenvalue weighted by molar-refractivity contribution is 6.76. The van der Waals surface area contributed by atoms with Crippen LogP contribution >= 0.6 is 0 Å².